The molecule has 9 unspecified atom stereocenters. The van der Waals surface area contributed by atoms with Crippen molar-refractivity contribution in [1.82, 2.24) is 5.32 Å². The Kier molecular flexibility index (Phi) is 45.1. The minimum atomic E-state index is -1.66. The van der Waals surface area contributed by atoms with Crippen LogP contribution in [-0.2, 0) is 14.3 Å². The lowest BCUT2D eigenvalue weighted by Crippen LogP contribution is -2.60. The molecule has 406 valence electrons. The van der Waals surface area contributed by atoms with Crippen LogP contribution in [0.15, 0.2) is 0 Å². The second-order valence-electron chi connectivity index (χ2n) is 21.1. The maximum atomic E-state index is 13.1. The van der Waals surface area contributed by atoms with Crippen molar-refractivity contribution >= 4 is 5.91 Å². The molecule has 11 heteroatoms. The first-order valence-electron chi connectivity index (χ1n) is 29.4. The van der Waals surface area contributed by atoms with Crippen molar-refractivity contribution in [2.45, 2.75) is 345 Å². The van der Waals surface area contributed by atoms with Gasteiger partial charge in [0, 0.05) is 0 Å². The molecule has 0 aromatic rings. The van der Waals surface area contributed by atoms with Crippen molar-refractivity contribution < 1.29 is 50.0 Å². The van der Waals surface area contributed by atoms with Crippen molar-refractivity contribution in [3.05, 3.63) is 0 Å². The molecule has 0 aliphatic carbocycles. The van der Waals surface area contributed by atoms with Crippen LogP contribution in [0.25, 0.3) is 0 Å². The molecule has 1 aliphatic heterocycles. The summed E-state index contributed by atoms with van der Waals surface area (Å²) < 4.78 is 11.1. The Morgan fingerprint density at radius 2 is 0.765 bits per heavy atom. The lowest BCUT2D eigenvalue weighted by molar-refractivity contribution is -0.303. The summed E-state index contributed by atoms with van der Waals surface area (Å²) in [6, 6.07) is -1.16. The van der Waals surface area contributed by atoms with Gasteiger partial charge in [0.15, 0.2) is 6.29 Å². The third-order valence-corrected chi connectivity index (χ3v) is 14.7. The molecule has 1 fully saturated rings. The molecule has 0 aromatic carbocycles. The van der Waals surface area contributed by atoms with Crippen molar-refractivity contribution in [3.8, 4) is 0 Å². The second kappa shape index (κ2) is 47.1. The summed E-state index contributed by atoms with van der Waals surface area (Å²) in [5.74, 6) is -0.691. The van der Waals surface area contributed by atoms with E-state index in [0.717, 1.165) is 38.5 Å². The summed E-state index contributed by atoms with van der Waals surface area (Å²) in [6.45, 7) is 3.49. The van der Waals surface area contributed by atoms with E-state index >= 15 is 0 Å². The van der Waals surface area contributed by atoms with Gasteiger partial charge < -0.3 is 50.5 Å². The number of hydrogen-bond acceptors (Lipinski definition) is 10. The van der Waals surface area contributed by atoms with Gasteiger partial charge in [-0.3, -0.25) is 4.79 Å². The number of amides is 1. The zero-order valence-electron chi connectivity index (χ0n) is 44.4. The predicted molar refractivity (Wildman–Crippen MR) is 280 cm³/mol. The fraction of sp³-hybridized carbons (Fsp3) is 0.982. The number of aliphatic hydroxyl groups excluding tert-OH is 7. The Hall–Kier alpha value is -0.890. The smallest absolute Gasteiger partial charge is 0.249 e. The summed E-state index contributed by atoms with van der Waals surface area (Å²) in [5, 5.41) is 76.1. The number of aliphatic hydroxyl groups is 7. The molecule has 0 spiro atoms. The van der Waals surface area contributed by atoms with Crippen molar-refractivity contribution in [1.29, 1.82) is 0 Å². The number of hydrogen-bond donors (Lipinski definition) is 8. The fourth-order valence-electron chi connectivity index (χ4n) is 9.86. The summed E-state index contributed by atoms with van der Waals surface area (Å²) in [5.41, 5.74) is 0. The molecule has 1 amide bonds. The molecule has 9 atom stereocenters. The average Bonchev–Trinajstić information content (AvgIpc) is 3.34. The molecule has 0 bridgehead atoms. The average molecular weight is 973 g/mol. The molecule has 0 aromatic heterocycles. The molecule has 1 heterocycles. The van der Waals surface area contributed by atoms with Gasteiger partial charge in [-0.2, -0.15) is 0 Å². The molecule has 0 radical (unpaired) electrons. The second-order valence-corrected chi connectivity index (χ2v) is 21.1. The fourth-order valence-corrected chi connectivity index (χ4v) is 9.86. The van der Waals surface area contributed by atoms with Gasteiger partial charge in [-0.15, -0.1) is 0 Å². The van der Waals surface area contributed by atoms with Crippen LogP contribution in [0.2, 0.25) is 0 Å². The third kappa shape index (κ3) is 35.3. The third-order valence-electron chi connectivity index (χ3n) is 14.7. The van der Waals surface area contributed by atoms with Crippen molar-refractivity contribution in [3.63, 3.8) is 0 Å². The first-order valence-corrected chi connectivity index (χ1v) is 29.4. The van der Waals surface area contributed by atoms with Gasteiger partial charge in [0.2, 0.25) is 5.91 Å². The lowest BCUT2D eigenvalue weighted by atomic mass is 9.98. The molecular formula is C57H113NO10. The first-order chi connectivity index (χ1) is 33.2. The van der Waals surface area contributed by atoms with Gasteiger partial charge in [0.05, 0.1) is 25.4 Å². The molecule has 1 aliphatic rings. The highest BCUT2D eigenvalue weighted by Crippen LogP contribution is 2.24. The Balaban J connectivity index is 2.25. The predicted octanol–water partition coefficient (Wildman–Crippen LogP) is 12.2. The zero-order chi connectivity index (χ0) is 49.7. The molecule has 8 N–H and O–H groups in total. The Labute approximate surface area is 418 Å². The van der Waals surface area contributed by atoms with E-state index in [9.17, 15) is 40.5 Å². The van der Waals surface area contributed by atoms with E-state index in [1.165, 1.54) is 212 Å². The van der Waals surface area contributed by atoms with Crippen LogP contribution in [0.4, 0.5) is 0 Å². The minimum absolute atomic E-state index is 0.266. The molecule has 68 heavy (non-hydrogen) atoms. The van der Waals surface area contributed by atoms with Crippen LogP contribution >= 0.6 is 0 Å². The standard InChI is InChI=1S/C57H113NO10/c1-3-5-7-9-11-13-15-17-19-20-21-22-23-24-25-26-27-28-29-30-31-33-34-36-38-40-42-44-49(60)52(62)48(47-67-57-55(65)54(64)53(63)51(46-59)68-57)58-56(66)50(61)45-43-41-39-37-35-32-18-16-14-12-10-8-6-4-2/h48-55,57,59-65H,3-47H2,1-2H3,(H,58,66). The molecule has 1 rings (SSSR count). The van der Waals surface area contributed by atoms with E-state index in [0.29, 0.717) is 19.3 Å². The largest absolute Gasteiger partial charge is 0.394 e. The summed E-state index contributed by atoms with van der Waals surface area (Å²) >= 11 is 0. The Bertz CT molecular complexity index is 1070. The highest BCUT2D eigenvalue weighted by molar-refractivity contribution is 5.80. The number of unbranched alkanes of at least 4 members (excludes halogenated alkanes) is 39. The van der Waals surface area contributed by atoms with E-state index in [2.05, 4.69) is 19.2 Å². The molecule has 11 nitrogen and oxygen atoms in total. The van der Waals surface area contributed by atoms with Crippen molar-refractivity contribution in [2.24, 2.45) is 0 Å². The SMILES string of the molecule is CCCCCCCCCCCCCCCCCCCCCCCCCCCCCC(O)C(O)C(COC1OC(CO)C(O)C(O)C1O)NC(=O)C(O)CCCCCCCCCCCCCCCC. The van der Waals surface area contributed by atoms with Crippen LogP contribution in [0, 0.1) is 0 Å². The minimum Gasteiger partial charge on any atom is -0.394 e. The van der Waals surface area contributed by atoms with Gasteiger partial charge in [-0.25, -0.2) is 0 Å². The topological polar surface area (TPSA) is 189 Å². The highest BCUT2D eigenvalue weighted by Gasteiger charge is 2.44. The van der Waals surface area contributed by atoms with E-state index in [1.807, 2.05) is 0 Å². The van der Waals surface area contributed by atoms with Crippen LogP contribution in [-0.4, -0.2) is 110 Å². The summed E-state index contributed by atoms with van der Waals surface area (Å²) in [7, 11) is 0. The van der Waals surface area contributed by atoms with Gasteiger partial charge in [0.1, 0.15) is 36.6 Å². The normalized spacial score (nSPS) is 20.4. The van der Waals surface area contributed by atoms with E-state index < -0.39 is 74.2 Å². The van der Waals surface area contributed by atoms with Crippen LogP contribution in [0.5, 0.6) is 0 Å². The van der Waals surface area contributed by atoms with Crippen LogP contribution in [0.3, 0.4) is 0 Å². The monoisotopic (exact) mass is 972 g/mol. The lowest BCUT2D eigenvalue weighted by Gasteiger charge is -2.40. The van der Waals surface area contributed by atoms with Crippen molar-refractivity contribution in [2.75, 3.05) is 13.2 Å². The van der Waals surface area contributed by atoms with Gasteiger partial charge in [0.25, 0.3) is 0 Å². The number of nitrogens with one attached hydrogen (secondary N) is 1. The summed E-state index contributed by atoms with van der Waals surface area (Å²) in [4.78, 5) is 13.1. The van der Waals surface area contributed by atoms with Gasteiger partial charge in [-0.05, 0) is 12.8 Å². The van der Waals surface area contributed by atoms with Crippen LogP contribution in [0.1, 0.15) is 290 Å². The Morgan fingerprint density at radius 3 is 1.09 bits per heavy atom. The Morgan fingerprint density at radius 1 is 0.456 bits per heavy atom. The van der Waals surface area contributed by atoms with E-state index in [4.69, 9.17) is 9.47 Å². The maximum absolute atomic E-state index is 13.1. The van der Waals surface area contributed by atoms with Crippen LogP contribution < -0.4 is 5.32 Å². The number of rotatable bonds is 51. The highest BCUT2D eigenvalue weighted by atomic mass is 16.7. The van der Waals surface area contributed by atoms with Gasteiger partial charge in [-0.1, -0.05) is 277 Å². The molecule has 1 saturated heterocycles. The quantitative estimate of drug-likeness (QED) is 0.0272. The molecular weight excluding hydrogens is 859 g/mol. The molecule has 0 saturated carbocycles. The van der Waals surface area contributed by atoms with E-state index in [1.54, 1.807) is 0 Å². The first kappa shape index (κ1) is 65.1. The number of carbonyl (C=O) groups excluding carboxylic acids is 1. The zero-order valence-corrected chi connectivity index (χ0v) is 44.4. The maximum Gasteiger partial charge on any atom is 0.249 e. The van der Waals surface area contributed by atoms with Gasteiger partial charge >= 0.3 is 0 Å². The van der Waals surface area contributed by atoms with E-state index in [-0.39, 0.29) is 6.42 Å². The number of carbonyl (C=O) groups is 1. The summed E-state index contributed by atoms with van der Waals surface area (Å²) in [6.07, 6.45) is 41.6. The number of ether oxygens (including phenoxy) is 2.